The Balaban J connectivity index is 3.97. The van der Waals surface area contributed by atoms with Crippen LogP contribution in [0.15, 0.2) is 0 Å². The molecule has 19 heavy (non-hydrogen) atoms. The number of likely N-dealkylation sites (N-methyl/N-ethyl adjacent to an activating group) is 1. The van der Waals surface area contributed by atoms with Crippen LogP contribution in [0.5, 0.6) is 0 Å². The zero-order valence-corrected chi connectivity index (χ0v) is 14.1. The Morgan fingerprint density at radius 2 is 2.00 bits per heavy atom. The zero-order valence-electron chi connectivity index (χ0n) is 13.3. The minimum Gasteiger partial charge on any atom is -0.465 e. The van der Waals surface area contributed by atoms with Crippen molar-refractivity contribution in [2.75, 3.05) is 24.7 Å². The molecule has 0 aromatic rings. The Bertz CT molecular complexity index is 246. The molecular weight excluding hydrogens is 258 g/mol. The average molecular weight is 289 g/mol. The van der Waals surface area contributed by atoms with Crippen LogP contribution in [-0.4, -0.2) is 36.2 Å². The molecular formula is C15H31NO2S. The van der Waals surface area contributed by atoms with Crippen molar-refractivity contribution >= 4 is 17.7 Å². The van der Waals surface area contributed by atoms with Crippen LogP contribution in [0.3, 0.4) is 0 Å². The van der Waals surface area contributed by atoms with Crippen molar-refractivity contribution in [3.05, 3.63) is 0 Å². The first-order valence-corrected chi connectivity index (χ1v) is 8.61. The van der Waals surface area contributed by atoms with Crippen LogP contribution in [0.1, 0.15) is 53.9 Å². The maximum Gasteiger partial charge on any atom is 0.326 e. The maximum absolute atomic E-state index is 12.0. The third-order valence-electron chi connectivity index (χ3n) is 2.96. The maximum atomic E-state index is 12.0. The molecule has 0 aliphatic heterocycles. The number of rotatable bonds is 11. The van der Waals surface area contributed by atoms with E-state index in [9.17, 15) is 4.79 Å². The molecule has 1 unspecified atom stereocenters. The van der Waals surface area contributed by atoms with Gasteiger partial charge in [0.2, 0.25) is 0 Å². The molecule has 4 heteroatoms. The predicted molar refractivity (Wildman–Crippen MR) is 84.7 cm³/mol. The number of esters is 1. The topological polar surface area (TPSA) is 38.3 Å². The van der Waals surface area contributed by atoms with Crippen LogP contribution >= 0.6 is 11.8 Å². The van der Waals surface area contributed by atoms with Crippen LogP contribution in [0.2, 0.25) is 0 Å². The number of hydrogen-bond donors (Lipinski definition) is 1. The Morgan fingerprint density at radius 1 is 1.32 bits per heavy atom. The first-order chi connectivity index (χ1) is 8.96. The van der Waals surface area contributed by atoms with E-state index >= 15 is 0 Å². The summed E-state index contributed by atoms with van der Waals surface area (Å²) in [6.07, 6.45) is 3.08. The first kappa shape index (κ1) is 18.8. The molecule has 0 aliphatic carbocycles. The summed E-state index contributed by atoms with van der Waals surface area (Å²) in [4.78, 5) is 12.0. The van der Waals surface area contributed by atoms with Crippen LogP contribution < -0.4 is 5.32 Å². The van der Waals surface area contributed by atoms with Gasteiger partial charge in [0, 0.05) is 0 Å². The van der Waals surface area contributed by atoms with Gasteiger partial charge in [0.25, 0.3) is 0 Å². The monoisotopic (exact) mass is 289 g/mol. The van der Waals surface area contributed by atoms with Gasteiger partial charge in [0.1, 0.15) is 5.54 Å². The lowest BCUT2D eigenvalue weighted by molar-refractivity contribution is -0.150. The van der Waals surface area contributed by atoms with Crippen molar-refractivity contribution < 1.29 is 9.53 Å². The van der Waals surface area contributed by atoms with Gasteiger partial charge in [-0.05, 0) is 50.7 Å². The summed E-state index contributed by atoms with van der Waals surface area (Å²) in [7, 11) is 0. The minimum atomic E-state index is -0.520. The molecule has 0 bridgehead atoms. The molecule has 1 atom stereocenters. The quantitative estimate of drug-likeness (QED) is 0.467. The van der Waals surface area contributed by atoms with E-state index in [0.29, 0.717) is 6.61 Å². The van der Waals surface area contributed by atoms with Gasteiger partial charge >= 0.3 is 5.97 Å². The largest absolute Gasteiger partial charge is 0.465 e. The Morgan fingerprint density at radius 3 is 2.53 bits per heavy atom. The van der Waals surface area contributed by atoms with Crippen LogP contribution in [-0.2, 0) is 9.53 Å². The molecule has 0 heterocycles. The van der Waals surface area contributed by atoms with Crippen molar-refractivity contribution in [3.8, 4) is 0 Å². The summed E-state index contributed by atoms with van der Waals surface area (Å²) < 4.78 is 5.16. The summed E-state index contributed by atoms with van der Waals surface area (Å²) in [5.74, 6) is 3.05. The Hall–Kier alpha value is -0.220. The number of nitrogens with one attached hydrogen (secondary N) is 1. The number of carbonyl (C=O) groups excluding carboxylic acids is 1. The summed E-state index contributed by atoms with van der Waals surface area (Å²) in [5.41, 5.74) is -0.520. The molecule has 0 spiro atoms. The van der Waals surface area contributed by atoms with E-state index in [-0.39, 0.29) is 5.97 Å². The van der Waals surface area contributed by atoms with E-state index in [1.807, 2.05) is 32.5 Å². The number of hydrogen-bond acceptors (Lipinski definition) is 4. The first-order valence-electron chi connectivity index (χ1n) is 7.46. The fourth-order valence-corrected chi connectivity index (χ4v) is 2.99. The average Bonchev–Trinajstić information content (AvgIpc) is 2.34. The molecule has 0 aromatic heterocycles. The normalized spacial score (nSPS) is 14.4. The Kier molecular flexibility index (Phi) is 10.4. The highest BCUT2D eigenvalue weighted by Gasteiger charge is 2.32. The smallest absolute Gasteiger partial charge is 0.326 e. The fraction of sp³-hybridized carbons (Fsp3) is 0.933. The lowest BCUT2D eigenvalue weighted by Gasteiger charge is -2.28. The highest BCUT2D eigenvalue weighted by molar-refractivity contribution is 7.99. The standard InChI is InChI=1S/C15H31NO2S/c1-6-16-15(5,14(17)18-7-2)10-8-9-11-19-12-13(3)4/h13,16H,6-12H2,1-5H3. The van der Waals surface area contributed by atoms with Crippen LogP contribution in [0.25, 0.3) is 0 Å². The van der Waals surface area contributed by atoms with Gasteiger partial charge in [0.15, 0.2) is 0 Å². The number of unbranched alkanes of at least 4 members (excludes halogenated alkanes) is 1. The second-order valence-corrected chi connectivity index (χ2v) is 6.66. The molecule has 114 valence electrons. The molecule has 0 aromatic carbocycles. The van der Waals surface area contributed by atoms with Crippen molar-refractivity contribution in [2.45, 2.75) is 59.4 Å². The zero-order chi connectivity index (χ0) is 14.7. The van der Waals surface area contributed by atoms with Crippen molar-refractivity contribution in [1.29, 1.82) is 0 Å². The van der Waals surface area contributed by atoms with E-state index in [1.54, 1.807) is 0 Å². The van der Waals surface area contributed by atoms with Crippen LogP contribution in [0.4, 0.5) is 0 Å². The van der Waals surface area contributed by atoms with E-state index in [4.69, 9.17) is 4.74 Å². The molecule has 0 amide bonds. The highest BCUT2D eigenvalue weighted by Crippen LogP contribution is 2.18. The van der Waals surface area contributed by atoms with Gasteiger partial charge in [-0.15, -0.1) is 0 Å². The van der Waals surface area contributed by atoms with Crippen molar-refractivity contribution in [1.82, 2.24) is 5.32 Å². The molecule has 1 N–H and O–H groups in total. The Labute approximate surface area is 123 Å². The van der Waals surface area contributed by atoms with Crippen molar-refractivity contribution in [2.24, 2.45) is 5.92 Å². The fourth-order valence-electron chi connectivity index (χ4n) is 1.94. The van der Waals surface area contributed by atoms with Gasteiger partial charge < -0.3 is 10.1 Å². The summed E-state index contributed by atoms with van der Waals surface area (Å²) in [5, 5.41) is 3.27. The molecule has 0 fully saturated rings. The van der Waals surface area contributed by atoms with Gasteiger partial charge in [-0.25, -0.2) is 0 Å². The van der Waals surface area contributed by atoms with E-state index in [2.05, 4.69) is 19.2 Å². The summed E-state index contributed by atoms with van der Waals surface area (Å²) in [6, 6.07) is 0. The van der Waals surface area contributed by atoms with E-state index in [1.165, 1.54) is 11.5 Å². The van der Waals surface area contributed by atoms with Gasteiger partial charge in [-0.3, -0.25) is 4.79 Å². The van der Waals surface area contributed by atoms with Crippen molar-refractivity contribution in [3.63, 3.8) is 0 Å². The molecule has 3 nitrogen and oxygen atoms in total. The summed E-state index contributed by atoms with van der Waals surface area (Å²) in [6.45, 7) is 11.6. The number of thioether (sulfide) groups is 1. The molecule has 0 rings (SSSR count). The molecule has 0 radical (unpaired) electrons. The molecule has 0 saturated heterocycles. The molecule has 0 aliphatic rings. The third-order valence-corrected chi connectivity index (χ3v) is 4.44. The SMILES string of the molecule is CCNC(C)(CCCCSCC(C)C)C(=O)OCC. The lowest BCUT2D eigenvalue weighted by atomic mass is 9.95. The predicted octanol–water partition coefficient (Wildman–Crippen LogP) is 3.48. The number of ether oxygens (including phenoxy) is 1. The second-order valence-electron chi connectivity index (χ2n) is 5.51. The van der Waals surface area contributed by atoms with Crippen LogP contribution in [0, 0.1) is 5.92 Å². The van der Waals surface area contributed by atoms with Gasteiger partial charge in [-0.1, -0.05) is 27.2 Å². The van der Waals surface area contributed by atoms with E-state index < -0.39 is 5.54 Å². The molecule has 0 saturated carbocycles. The van der Waals surface area contributed by atoms with Gasteiger partial charge in [0.05, 0.1) is 6.61 Å². The highest BCUT2D eigenvalue weighted by atomic mass is 32.2. The third kappa shape index (κ3) is 8.53. The van der Waals surface area contributed by atoms with E-state index in [0.717, 1.165) is 31.7 Å². The summed E-state index contributed by atoms with van der Waals surface area (Å²) >= 11 is 2.01. The number of carbonyl (C=O) groups is 1. The second kappa shape index (κ2) is 10.6. The minimum absolute atomic E-state index is 0.119. The van der Waals surface area contributed by atoms with Gasteiger partial charge in [-0.2, -0.15) is 11.8 Å². The lowest BCUT2D eigenvalue weighted by Crippen LogP contribution is -2.50.